The molecule has 0 radical (unpaired) electrons. The number of likely N-dealkylation sites (tertiary alicyclic amines) is 1. The van der Waals surface area contributed by atoms with Gasteiger partial charge in [-0.1, -0.05) is 18.2 Å². The number of methoxy groups -OCH3 is 1. The van der Waals surface area contributed by atoms with Crippen LogP contribution in [0.2, 0.25) is 0 Å². The van der Waals surface area contributed by atoms with Gasteiger partial charge < -0.3 is 14.8 Å². The fraction of sp³-hybridized carbons (Fsp3) is 0.647. The molecule has 0 saturated carbocycles. The molecule has 2 unspecified atom stereocenters. The number of para-hydroxylation sites is 1. The van der Waals surface area contributed by atoms with Crippen molar-refractivity contribution >= 4 is 0 Å². The Hall–Kier alpha value is -1.10. The zero-order chi connectivity index (χ0) is 15.1. The molecule has 1 heterocycles. The van der Waals surface area contributed by atoms with Crippen LogP contribution in [0.1, 0.15) is 31.4 Å². The van der Waals surface area contributed by atoms with Crippen molar-refractivity contribution in [2.45, 2.75) is 31.9 Å². The van der Waals surface area contributed by atoms with Gasteiger partial charge >= 0.3 is 0 Å². The molecule has 4 nitrogen and oxygen atoms in total. The molecule has 1 saturated heterocycles. The van der Waals surface area contributed by atoms with Crippen LogP contribution in [-0.2, 0) is 4.74 Å². The Bertz CT molecular complexity index is 425. The summed E-state index contributed by atoms with van der Waals surface area (Å²) in [5.74, 6) is 0.986. The highest BCUT2D eigenvalue weighted by Gasteiger charge is 2.23. The minimum atomic E-state index is 0.281. The van der Waals surface area contributed by atoms with E-state index in [-0.39, 0.29) is 6.04 Å². The number of likely N-dealkylation sites (N-methyl/N-ethyl adjacent to an activating group) is 1. The summed E-state index contributed by atoms with van der Waals surface area (Å²) in [6.07, 6.45) is 2.76. The molecule has 0 aliphatic carbocycles. The monoisotopic (exact) mass is 292 g/mol. The Labute approximate surface area is 128 Å². The summed E-state index contributed by atoms with van der Waals surface area (Å²) in [7, 11) is 3.83. The maximum atomic E-state index is 5.77. The second kappa shape index (κ2) is 8.37. The number of nitrogens with zero attached hydrogens (tertiary/aromatic N) is 1. The smallest absolute Gasteiger partial charge is 0.124 e. The molecule has 1 aromatic rings. The lowest BCUT2D eigenvalue weighted by Crippen LogP contribution is -2.43. The predicted molar refractivity (Wildman–Crippen MR) is 85.9 cm³/mol. The number of nitrogens with one attached hydrogen (secondary N) is 1. The molecule has 0 bridgehead atoms. The minimum absolute atomic E-state index is 0.281. The van der Waals surface area contributed by atoms with Gasteiger partial charge in [-0.15, -0.1) is 0 Å². The van der Waals surface area contributed by atoms with Crippen LogP contribution in [0.5, 0.6) is 5.75 Å². The minimum Gasteiger partial charge on any atom is -0.494 e. The largest absolute Gasteiger partial charge is 0.494 e. The fourth-order valence-corrected chi connectivity index (χ4v) is 3.03. The highest BCUT2D eigenvalue weighted by Crippen LogP contribution is 2.26. The van der Waals surface area contributed by atoms with Crippen molar-refractivity contribution in [1.82, 2.24) is 10.2 Å². The molecule has 118 valence electrons. The number of hydrogen-bond acceptors (Lipinski definition) is 4. The first-order chi connectivity index (χ1) is 10.3. The molecule has 1 aliphatic rings. The molecule has 0 amide bonds. The van der Waals surface area contributed by atoms with Gasteiger partial charge in [0.1, 0.15) is 5.75 Å². The van der Waals surface area contributed by atoms with Crippen molar-refractivity contribution in [2.24, 2.45) is 0 Å². The Morgan fingerprint density at radius 1 is 1.38 bits per heavy atom. The molecular weight excluding hydrogens is 264 g/mol. The van der Waals surface area contributed by atoms with E-state index >= 15 is 0 Å². The quantitative estimate of drug-likeness (QED) is 0.837. The lowest BCUT2D eigenvalue weighted by atomic mass is 10.0. The summed E-state index contributed by atoms with van der Waals surface area (Å²) < 4.78 is 11.3. The summed E-state index contributed by atoms with van der Waals surface area (Å²) in [4.78, 5) is 2.49. The van der Waals surface area contributed by atoms with Crippen LogP contribution < -0.4 is 10.1 Å². The van der Waals surface area contributed by atoms with Gasteiger partial charge in [-0.05, 0) is 39.4 Å². The Morgan fingerprint density at radius 3 is 2.90 bits per heavy atom. The summed E-state index contributed by atoms with van der Waals surface area (Å²) >= 11 is 0. The summed E-state index contributed by atoms with van der Waals surface area (Å²) in [5.41, 5.74) is 1.24. The molecule has 1 fully saturated rings. The highest BCUT2D eigenvalue weighted by atomic mass is 16.5. The number of piperidine rings is 1. The van der Waals surface area contributed by atoms with Crippen LogP contribution in [0.4, 0.5) is 0 Å². The zero-order valence-corrected chi connectivity index (χ0v) is 13.5. The third-order valence-electron chi connectivity index (χ3n) is 4.18. The van der Waals surface area contributed by atoms with Crippen LogP contribution in [-0.4, -0.2) is 51.4 Å². The second-order valence-electron chi connectivity index (χ2n) is 5.57. The maximum Gasteiger partial charge on any atom is 0.124 e. The van der Waals surface area contributed by atoms with Crippen LogP contribution in [0, 0.1) is 0 Å². The van der Waals surface area contributed by atoms with E-state index in [4.69, 9.17) is 9.47 Å². The van der Waals surface area contributed by atoms with Crippen molar-refractivity contribution in [2.75, 3.05) is 40.4 Å². The standard InChI is InChI=1S/C17H28N2O2/c1-4-21-17-10-6-5-9-15(17)16(18-2)13-19-11-7-8-14(12-19)20-3/h5-6,9-10,14,16,18H,4,7-8,11-13H2,1-3H3. The fourth-order valence-electron chi connectivity index (χ4n) is 3.03. The Balaban J connectivity index is 2.05. The average molecular weight is 292 g/mol. The highest BCUT2D eigenvalue weighted by molar-refractivity contribution is 5.36. The van der Waals surface area contributed by atoms with E-state index in [1.165, 1.54) is 18.4 Å². The normalized spacial score (nSPS) is 21.2. The van der Waals surface area contributed by atoms with E-state index < -0.39 is 0 Å². The number of benzene rings is 1. The molecule has 4 heteroatoms. The third-order valence-corrected chi connectivity index (χ3v) is 4.18. The van der Waals surface area contributed by atoms with Crippen LogP contribution in [0.15, 0.2) is 24.3 Å². The van der Waals surface area contributed by atoms with Crippen LogP contribution >= 0.6 is 0 Å². The SMILES string of the molecule is CCOc1ccccc1C(CN1CCCC(OC)C1)NC. The molecule has 1 aliphatic heterocycles. The molecular formula is C17H28N2O2. The first-order valence-corrected chi connectivity index (χ1v) is 7.92. The lowest BCUT2D eigenvalue weighted by Gasteiger charge is -2.34. The van der Waals surface area contributed by atoms with Gasteiger partial charge in [-0.2, -0.15) is 0 Å². The number of rotatable bonds is 7. The Kier molecular flexibility index (Phi) is 6.49. The van der Waals surface area contributed by atoms with Crippen molar-refractivity contribution in [1.29, 1.82) is 0 Å². The van der Waals surface area contributed by atoms with E-state index in [0.717, 1.165) is 25.4 Å². The first kappa shape index (κ1) is 16.3. The molecule has 1 aromatic carbocycles. The van der Waals surface area contributed by atoms with Crippen LogP contribution in [0.3, 0.4) is 0 Å². The van der Waals surface area contributed by atoms with Gasteiger partial charge in [0.05, 0.1) is 12.7 Å². The Morgan fingerprint density at radius 2 is 2.19 bits per heavy atom. The van der Waals surface area contributed by atoms with Crippen molar-refractivity contribution in [3.05, 3.63) is 29.8 Å². The van der Waals surface area contributed by atoms with E-state index in [9.17, 15) is 0 Å². The third kappa shape index (κ3) is 4.43. The topological polar surface area (TPSA) is 33.7 Å². The predicted octanol–water partition coefficient (Wildman–Crippen LogP) is 2.46. The first-order valence-electron chi connectivity index (χ1n) is 7.92. The molecule has 21 heavy (non-hydrogen) atoms. The van der Waals surface area contributed by atoms with Gasteiger partial charge in [0.25, 0.3) is 0 Å². The van der Waals surface area contributed by atoms with E-state index in [1.807, 2.05) is 27.1 Å². The van der Waals surface area contributed by atoms with E-state index in [2.05, 4.69) is 28.4 Å². The molecule has 0 aromatic heterocycles. The number of hydrogen-bond donors (Lipinski definition) is 1. The second-order valence-corrected chi connectivity index (χ2v) is 5.57. The van der Waals surface area contributed by atoms with E-state index in [1.54, 1.807) is 0 Å². The molecule has 0 spiro atoms. The van der Waals surface area contributed by atoms with Crippen molar-refractivity contribution in [3.8, 4) is 5.75 Å². The number of ether oxygens (including phenoxy) is 2. The van der Waals surface area contributed by atoms with Crippen molar-refractivity contribution < 1.29 is 9.47 Å². The van der Waals surface area contributed by atoms with Gasteiger partial charge in [0, 0.05) is 31.8 Å². The van der Waals surface area contributed by atoms with Gasteiger partial charge in [-0.3, -0.25) is 4.90 Å². The van der Waals surface area contributed by atoms with Crippen molar-refractivity contribution in [3.63, 3.8) is 0 Å². The maximum absolute atomic E-state index is 5.77. The molecule has 1 N–H and O–H groups in total. The van der Waals surface area contributed by atoms with Crippen LogP contribution in [0.25, 0.3) is 0 Å². The zero-order valence-electron chi connectivity index (χ0n) is 13.5. The lowest BCUT2D eigenvalue weighted by molar-refractivity contribution is 0.0282. The summed E-state index contributed by atoms with van der Waals surface area (Å²) in [6.45, 7) is 5.88. The van der Waals surface area contributed by atoms with Gasteiger partial charge in [-0.25, -0.2) is 0 Å². The molecule has 2 atom stereocenters. The van der Waals surface area contributed by atoms with Gasteiger partial charge in [0.2, 0.25) is 0 Å². The molecule has 2 rings (SSSR count). The van der Waals surface area contributed by atoms with E-state index in [0.29, 0.717) is 12.7 Å². The summed E-state index contributed by atoms with van der Waals surface area (Å²) in [6, 6.07) is 8.60. The van der Waals surface area contributed by atoms with Gasteiger partial charge in [0.15, 0.2) is 0 Å². The average Bonchev–Trinajstić information content (AvgIpc) is 2.54. The summed E-state index contributed by atoms with van der Waals surface area (Å²) in [5, 5.41) is 3.43.